The Bertz CT molecular complexity index is 941. The molecule has 0 atom stereocenters. The zero-order chi connectivity index (χ0) is 14.6. The number of anilines is 1. The van der Waals surface area contributed by atoms with Crippen LogP contribution in [-0.4, -0.2) is 11.6 Å². The molecule has 0 bridgehead atoms. The van der Waals surface area contributed by atoms with Crippen molar-refractivity contribution in [1.82, 2.24) is 0 Å². The maximum atomic E-state index is 12.6. The van der Waals surface area contributed by atoms with Crippen molar-refractivity contribution >= 4 is 28.0 Å². The number of nitrogens with two attached hydrogens (primary N) is 1. The molecule has 100 valence electrons. The summed E-state index contributed by atoms with van der Waals surface area (Å²) in [4.78, 5) is 25.3. The topological polar surface area (TPSA) is 60.2 Å². The van der Waals surface area contributed by atoms with Gasteiger partial charge in [0, 0.05) is 27.9 Å². The van der Waals surface area contributed by atoms with Gasteiger partial charge in [0.25, 0.3) is 0 Å². The molecular weight excluding hydrogens is 262 g/mol. The zero-order valence-electron chi connectivity index (χ0n) is 11.1. The molecule has 2 N–H and O–H groups in total. The van der Waals surface area contributed by atoms with Crippen LogP contribution in [0.15, 0.2) is 54.6 Å². The molecule has 0 radical (unpaired) electrons. The molecule has 0 aromatic heterocycles. The minimum atomic E-state index is -0.141. The second-order valence-electron chi connectivity index (χ2n) is 5.21. The maximum Gasteiger partial charge on any atom is 0.194 e. The van der Waals surface area contributed by atoms with Crippen LogP contribution in [0, 0.1) is 0 Å². The van der Waals surface area contributed by atoms with Gasteiger partial charge in [0.2, 0.25) is 0 Å². The summed E-state index contributed by atoms with van der Waals surface area (Å²) < 4.78 is 0. The monoisotopic (exact) mass is 273 g/mol. The van der Waals surface area contributed by atoms with E-state index in [1.165, 1.54) is 0 Å². The molecule has 0 saturated carbocycles. The van der Waals surface area contributed by atoms with E-state index in [-0.39, 0.29) is 11.6 Å². The molecule has 0 saturated heterocycles. The molecule has 3 nitrogen and oxygen atoms in total. The van der Waals surface area contributed by atoms with Crippen molar-refractivity contribution in [2.24, 2.45) is 0 Å². The van der Waals surface area contributed by atoms with Gasteiger partial charge in [-0.1, -0.05) is 24.3 Å². The van der Waals surface area contributed by atoms with Crippen LogP contribution in [0.5, 0.6) is 0 Å². The first-order valence-corrected chi connectivity index (χ1v) is 6.67. The number of carbonyl (C=O) groups excluding carboxylic acids is 2. The molecule has 0 heterocycles. The van der Waals surface area contributed by atoms with E-state index in [9.17, 15) is 9.59 Å². The molecule has 0 aliphatic heterocycles. The van der Waals surface area contributed by atoms with Gasteiger partial charge in [-0.2, -0.15) is 0 Å². The summed E-state index contributed by atoms with van der Waals surface area (Å²) in [5, 5.41) is 1.90. The summed E-state index contributed by atoms with van der Waals surface area (Å²) in [6, 6.07) is 16.1. The summed E-state index contributed by atoms with van der Waals surface area (Å²) in [6.45, 7) is 0. The van der Waals surface area contributed by atoms with Gasteiger partial charge >= 0.3 is 0 Å². The van der Waals surface area contributed by atoms with Crippen LogP contribution in [0.4, 0.5) is 5.69 Å². The first-order valence-electron chi connectivity index (χ1n) is 6.67. The minimum absolute atomic E-state index is 0.120. The lowest BCUT2D eigenvalue weighted by atomic mass is 9.82. The lowest BCUT2D eigenvalue weighted by molar-refractivity contribution is 0.0979. The van der Waals surface area contributed by atoms with E-state index in [0.717, 1.165) is 10.8 Å². The third kappa shape index (κ3) is 1.61. The van der Waals surface area contributed by atoms with E-state index in [1.807, 2.05) is 24.3 Å². The van der Waals surface area contributed by atoms with Crippen LogP contribution < -0.4 is 5.73 Å². The maximum absolute atomic E-state index is 12.6. The van der Waals surface area contributed by atoms with Gasteiger partial charge in [0.1, 0.15) is 0 Å². The number of nitrogen functional groups attached to an aromatic ring is 1. The highest BCUT2D eigenvalue weighted by molar-refractivity contribution is 6.29. The van der Waals surface area contributed by atoms with Gasteiger partial charge < -0.3 is 5.73 Å². The first-order chi connectivity index (χ1) is 10.1. The lowest BCUT2D eigenvalue weighted by Crippen LogP contribution is -2.21. The minimum Gasteiger partial charge on any atom is -0.399 e. The van der Waals surface area contributed by atoms with Crippen molar-refractivity contribution in [1.29, 1.82) is 0 Å². The van der Waals surface area contributed by atoms with Crippen LogP contribution in [0.2, 0.25) is 0 Å². The molecule has 1 aliphatic carbocycles. The summed E-state index contributed by atoms with van der Waals surface area (Å²) >= 11 is 0. The number of fused-ring (bicyclic) bond motifs is 3. The number of rotatable bonds is 0. The largest absolute Gasteiger partial charge is 0.399 e. The fraction of sp³-hybridized carbons (Fsp3) is 0. The number of benzene rings is 3. The van der Waals surface area contributed by atoms with Gasteiger partial charge in [0.05, 0.1) is 0 Å². The Morgan fingerprint density at radius 2 is 1.14 bits per heavy atom. The smallest absolute Gasteiger partial charge is 0.194 e. The highest BCUT2D eigenvalue weighted by Crippen LogP contribution is 2.31. The Kier molecular flexibility index (Phi) is 2.27. The Morgan fingerprint density at radius 3 is 1.76 bits per heavy atom. The Hall–Kier alpha value is -2.94. The Labute approximate surface area is 121 Å². The second kappa shape index (κ2) is 4.03. The van der Waals surface area contributed by atoms with Crippen LogP contribution in [0.1, 0.15) is 31.8 Å². The van der Waals surface area contributed by atoms with Crippen molar-refractivity contribution < 1.29 is 9.59 Å². The summed E-state index contributed by atoms with van der Waals surface area (Å²) in [7, 11) is 0. The van der Waals surface area contributed by atoms with Crippen LogP contribution in [-0.2, 0) is 0 Å². The first kappa shape index (κ1) is 11.9. The Balaban J connectivity index is 2.06. The average molecular weight is 273 g/mol. The average Bonchev–Trinajstić information content (AvgIpc) is 2.51. The lowest BCUT2D eigenvalue weighted by Gasteiger charge is -2.18. The van der Waals surface area contributed by atoms with E-state index in [1.54, 1.807) is 30.3 Å². The molecule has 0 fully saturated rings. The molecule has 3 aromatic carbocycles. The fourth-order valence-corrected chi connectivity index (χ4v) is 2.85. The van der Waals surface area contributed by atoms with Crippen LogP contribution in [0.3, 0.4) is 0 Å². The van der Waals surface area contributed by atoms with E-state index in [4.69, 9.17) is 5.73 Å². The molecule has 1 aliphatic rings. The van der Waals surface area contributed by atoms with Crippen molar-refractivity contribution in [3.05, 3.63) is 76.9 Å². The summed E-state index contributed by atoms with van der Waals surface area (Å²) in [5.74, 6) is -0.261. The molecule has 3 aromatic rings. The quantitative estimate of drug-likeness (QED) is 0.500. The molecule has 0 spiro atoms. The third-order valence-electron chi connectivity index (χ3n) is 3.91. The predicted octanol–water partition coefficient (Wildman–Crippen LogP) is 3.20. The number of hydrogen-bond donors (Lipinski definition) is 1. The van der Waals surface area contributed by atoms with Crippen molar-refractivity contribution in [2.75, 3.05) is 5.73 Å². The van der Waals surface area contributed by atoms with Crippen molar-refractivity contribution in [3.8, 4) is 0 Å². The summed E-state index contributed by atoms with van der Waals surface area (Å²) in [6.07, 6.45) is 0. The third-order valence-corrected chi connectivity index (χ3v) is 3.91. The SMILES string of the molecule is Nc1ccc2c(c1)C(=O)c1cc3ccccc3cc1C2=O. The number of ketones is 2. The zero-order valence-corrected chi connectivity index (χ0v) is 11.1. The fourth-order valence-electron chi connectivity index (χ4n) is 2.85. The second-order valence-corrected chi connectivity index (χ2v) is 5.21. The number of carbonyl (C=O) groups is 2. The molecule has 0 unspecified atom stereocenters. The number of hydrogen-bond acceptors (Lipinski definition) is 3. The van der Waals surface area contributed by atoms with E-state index >= 15 is 0 Å². The van der Waals surface area contributed by atoms with Crippen LogP contribution in [0.25, 0.3) is 10.8 Å². The summed E-state index contributed by atoms with van der Waals surface area (Å²) in [5.41, 5.74) is 7.96. The van der Waals surface area contributed by atoms with Crippen molar-refractivity contribution in [2.45, 2.75) is 0 Å². The molecule has 3 heteroatoms. The van der Waals surface area contributed by atoms with E-state index < -0.39 is 0 Å². The molecule has 0 amide bonds. The molecule has 4 rings (SSSR count). The molecular formula is C18H11NO2. The van der Waals surface area contributed by atoms with E-state index in [2.05, 4.69) is 0 Å². The predicted molar refractivity (Wildman–Crippen MR) is 81.7 cm³/mol. The van der Waals surface area contributed by atoms with Gasteiger partial charge in [-0.25, -0.2) is 0 Å². The molecule has 21 heavy (non-hydrogen) atoms. The van der Waals surface area contributed by atoms with Gasteiger partial charge in [0.15, 0.2) is 11.6 Å². The highest BCUT2D eigenvalue weighted by Gasteiger charge is 2.29. The van der Waals surface area contributed by atoms with Crippen molar-refractivity contribution in [3.63, 3.8) is 0 Å². The standard InChI is InChI=1S/C18H11NO2/c19-12-5-6-13-16(9-12)18(21)15-8-11-4-2-1-3-10(11)7-14(15)17(13)20/h1-9H,19H2. The highest BCUT2D eigenvalue weighted by atomic mass is 16.1. The van der Waals surface area contributed by atoms with Gasteiger partial charge in [-0.05, 0) is 41.1 Å². The van der Waals surface area contributed by atoms with Crippen LogP contribution >= 0.6 is 0 Å². The van der Waals surface area contributed by atoms with Gasteiger partial charge in [-0.15, -0.1) is 0 Å². The van der Waals surface area contributed by atoms with Gasteiger partial charge in [-0.3, -0.25) is 9.59 Å². The Morgan fingerprint density at radius 1 is 0.619 bits per heavy atom. The normalized spacial score (nSPS) is 13.1. The van der Waals surface area contributed by atoms with E-state index in [0.29, 0.717) is 27.9 Å².